The maximum atomic E-state index is 12.7. The van der Waals surface area contributed by atoms with Crippen LogP contribution in [0.15, 0.2) is 54.0 Å². The summed E-state index contributed by atoms with van der Waals surface area (Å²) < 4.78 is 11.0. The Hall–Kier alpha value is -2.86. The Balaban J connectivity index is 1.41. The molecule has 138 valence electrons. The largest absolute Gasteiger partial charge is 0.497 e. The van der Waals surface area contributed by atoms with Crippen molar-refractivity contribution in [3.05, 3.63) is 64.5 Å². The highest BCUT2D eigenvalue weighted by Crippen LogP contribution is 2.31. The van der Waals surface area contributed by atoms with E-state index in [-0.39, 0.29) is 11.8 Å². The van der Waals surface area contributed by atoms with Crippen molar-refractivity contribution in [3.63, 3.8) is 0 Å². The number of methoxy groups -OCH3 is 1. The molecule has 0 aliphatic carbocycles. The van der Waals surface area contributed by atoms with Gasteiger partial charge in [-0.2, -0.15) is 0 Å². The van der Waals surface area contributed by atoms with Crippen molar-refractivity contribution in [2.75, 3.05) is 13.7 Å². The van der Waals surface area contributed by atoms with E-state index in [2.05, 4.69) is 10.3 Å². The summed E-state index contributed by atoms with van der Waals surface area (Å²) in [6.45, 7) is 0.856. The molecule has 2 aromatic carbocycles. The van der Waals surface area contributed by atoms with Gasteiger partial charge in [0.15, 0.2) is 0 Å². The first-order valence-electron chi connectivity index (χ1n) is 8.80. The number of rotatable bonds is 5. The zero-order chi connectivity index (χ0) is 18.6. The molecule has 6 heteroatoms. The van der Waals surface area contributed by atoms with Crippen LogP contribution in [0.1, 0.15) is 10.4 Å². The van der Waals surface area contributed by atoms with Crippen LogP contribution in [-0.2, 0) is 17.8 Å². The van der Waals surface area contributed by atoms with E-state index in [1.54, 1.807) is 18.4 Å². The van der Waals surface area contributed by atoms with Crippen molar-refractivity contribution in [3.8, 4) is 22.8 Å². The van der Waals surface area contributed by atoms with Crippen molar-refractivity contribution in [2.45, 2.75) is 13.0 Å². The van der Waals surface area contributed by atoms with Crippen LogP contribution in [0.25, 0.3) is 11.3 Å². The summed E-state index contributed by atoms with van der Waals surface area (Å²) in [5, 5.41) is 3.04. The minimum Gasteiger partial charge on any atom is -0.497 e. The highest BCUT2D eigenvalue weighted by Gasteiger charge is 2.26. The van der Waals surface area contributed by atoms with Crippen molar-refractivity contribution in [2.24, 2.45) is 5.92 Å². The molecule has 0 fully saturated rings. The Morgan fingerprint density at radius 2 is 2.15 bits per heavy atom. The second-order valence-electron chi connectivity index (χ2n) is 6.39. The molecule has 0 spiro atoms. The van der Waals surface area contributed by atoms with Crippen LogP contribution in [-0.4, -0.2) is 24.6 Å². The van der Waals surface area contributed by atoms with Crippen molar-refractivity contribution in [1.29, 1.82) is 0 Å². The number of carbonyl (C=O) groups is 1. The topological polar surface area (TPSA) is 60.5 Å². The number of hydrogen-bond donors (Lipinski definition) is 1. The van der Waals surface area contributed by atoms with Gasteiger partial charge in [0, 0.05) is 5.56 Å². The fourth-order valence-corrected chi connectivity index (χ4v) is 3.93. The number of carbonyl (C=O) groups excluding carboxylic acids is 1. The third-order valence-corrected chi connectivity index (χ3v) is 5.49. The Morgan fingerprint density at radius 1 is 1.30 bits per heavy atom. The quantitative estimate of drug-likeness (QED) is 0.733. The molecule has 0 saturated heterocycles. The molecule has 1 N–H and O–H groups in total. The maximum absolute atomic E-state index is 12.7. The number of amides is 1. The Bertz CT molecular complexity index is 940. The summed E-state index contributed by atoms with van der Waals surface area (Å²) in [5.41, 5.74) is 4.81. The van der Waals surface area contributed by atoms with Gasteiger partial charge in [-0.3, -0.25) is 4.79 Å². The number of nitrogens with zero attached hydrogens (tertiary/aromatic N) is 1. The fourth-order valence-electron chi connectivity index (χ4n) is 3.21. The van der Waals surface area contributed by atoms with E-state index >= 15 is 0 Å². The molecule has 1 atom stereocenters. The van der Waals surface area contributed by atoms with Crippen LogP contribution in [0.4, 0.5) is 0 Å². The van der Waals surface area contributed by atoms with E-state index in [0.29, 0.717) is 19.6 Å². The van der Waals surface area contributed by atoms with Crippen molar-refractivity contribution in [1.82, 2.24) is 10.3 Å². The lowest BCUT2D eigenvalue weighted by atomic mass is 9.96. The maximum Gasteiger partial charge on any atom is 0.227 e. The number of thiazole rings is 1. The van der Waals surface area contributed by atoms with Crippen LogP contribution in [0.2, 0.25) is 0 Å². The molecular formula is C21H20N2O3S. The Morgan fingerprint density at radius 3 is 2.96 bits per heavy atom. The lowest BCUT2D eigenvalue weighted by Crippen LogP contribution is -2.37. The van der Waals surface area contributed by atoms with Crippen LogP contribution in [0.3, 0.4) is 0 Å². The van der Waals surface area contributed by atoms with Crippen molar-refractivity contribution >= 4 is 17.2 Å². The standard InChI is InChI=1S/C21H20N2O3S/c1-25-17-7-8-18-15(10-17)9-16(12-26-18)21(24)22-11-19-20(23-13-27-19)14-5-3-2-4-6-14/h2-8,10,13,16H,9,11-12H2,1H3,(H,22,24)/t16-/m0/s1. The van der Waals surface area contributed by atoms with Gasteiger partial charge in [0.25, 0.3) is 0 Å². The van der Waals surface area contributed by atoms with E-state index in [1.807, 2.05) is 54.0 Å². The lowest BCUT2D eigenvalue weighted by molar-refractivity contribution is -0.126. The van der Waals surface area contributed by atoms with Gasteiger partial charge >= 0.3 is 0 Å². The smallest absolute Gasteiger partial charge is 0.227 e. The molecule has 1 aliphatic heterocycles. The molecule has 4 rings (SSSR count). The molecule has 1 aliphatic rings. The first-order chi connectivity index (χ1) is 13.2. The summed E-state index contributed by atoms with van der Waals surface area (Å²) in [4.78, 5) is 18.2. The number of benzene rings is 2. The normalized spacial score (nSPS) is 15.5. The fraction of sp³-hybridized carbons (Fsp3) is 0.238. The summed E-state index contributed by atoms with van der Waals surface area (Å²) in [6, 6.07) is 15.7. The van der Waals surface area contributed by atoms with Gasteiger partial charge in [-0.05, 0) is 30.2 Å². The molecule has 0 saturated carbocycles. The average molecular weight is 380 g/mol. The van der Waals surface area contributed by atoms with Gasteiger partial charge in [-0.15, -0.1) is 11.3 Å². The van der Waals surface area contributed by atoms with E-state index in [0.717, 1.165) is 33.2 Å². The van der Waals surface area contributed by atoms with Gasteiger partial charge in [0.1, 0.15) is 18.1 Å². The second kappa shape index (κ2) is 7.80. The zero-order valence-electron chi connectivity index (χ0n) is 15.0. The Kier molecular flexibility index (Phi) is 5.07. The monoisotopic (exact) mass is 380 g/mol. The van der Waals surface area contributed by atoms with Gasteiger partial charge in [-0.1, -0.05) is 30.3 Å². The predicted octanol–water partition coefficient (Wildman–Crippen LogP) is 3.69. The molecular weight excluding hydrogens is 360 g/mol. The van der Waals surface area contributed by atoms with Crippen LogP contribution in [0, 0.1) is 5.92 Å². The van der Waals surface area contributed by atoms with E-state index in [4.69, 9.17) is 9.47 Å². The van der Waals surface area contributed by atoms with Crippen LogP contribution >= 0.6 is 11.3 Å². The average Bonchev–Trinajstić information content (AvgIpc) is 3.20. The molecule has 5 nitrogen and oxygen atoms in total. The first kappa shape index (κ1) is 17.5. The number of aromatic nitrogens is 1. The van der Waals surface area contributed by atoms with Gasteiger partial charge < -0.3 is 14.8 Å². The molecule has 1 amide bonds. The first-order valence-corrected chi connectivity index (χ1v) is 9.68. The predicted molar refractivity (Wildman–Crippen MR) is 105 cm³/mol. The molecule has 2 heterocycles. The highest BCUT2D eigenvalue weighted by molar-refractivity contribution is 7.10. The van der Waals surface area contributed by atoms with Gasteiger partial charge in [0.2, 0.25) is 5.91 Å². The highest BCUT2D eigenvalue weighted by atomic mass is 32.1. The van der Waals surface area contributed by atoms with Crippen molar-refractivity contribution < 1.29 is 14.3 Å². The van der Waals surface area contributed by atoms with Gasteiger partial charge in [0.05, 0.1) is 35.7 Å². The van der Waals surface area contributed by atoms with E-state index < -0.39 is 0 Å². The summed E-state index contributed by atoms with van der Waals surface area (Å²) in [7, 11) is 1.63. The molecule has 0 unspecified atom stereocenters. The van der Waals surface area contributed by atoms with Crippen LogP contribution < -0.4 is 14.8 Å². The van der Waals surface area contributed by atoms with E-state index in [1.165, 1.54) is 0 Å². The number of nitrogens with one attached hydrogen (secondary N) is 1. The number of fused-ring (bicyclic) bond motifs is 1. The molecule has 0 radical (unpaired) electrons. The lowest BCUT2D eigenvalue weighted by Gasteiger charge is -2.25. The third kappa shape index (κ3) is 3.80. The summed E-state index contributed by atoms with van der Waals surface area (Å²) >= 11 is 1.55. The van der Waals surface area contributed by atoms with E-state index in [9.17, 15) is 4.79 Å². The third-order valence-electron chi connectivity index (χ3n) is 4.66. The zero-order valence-corrected chi connectivity index (χ0v) is 15.8. The molecule has 0 bridgehead atoms. The summed E-state index contributed by atoms with van der Waals surface area (Å²) in [5.74, 6) is 1.39. The second-order valence-corrected chi connectivity index (χ2v) is 7.33. The van der Waals surface area contributed by atoms with Crippen LogP contribution in [0.5, 0.6) is 11.5 Å². The minimum absolute atomic E-state index is 0.00381. The molecule has 3 aromatic rings. The number of hydrogen-bond acceptors (Lipinski definition) is 5. The SMILES string of the molecule is COc1ccc2c(c1)C[C@H](C(=O)NCc1scnc1-c1ccccc1)CO2. The Labute approximate surface area is 162 Å². The molecule has 27 heavy (non-hydrogen) atoms. The summed E-state index contributed by atoms with van der Waals surface area (Å²) in [6.07, 6.45) is 0.645. The van der Waals surface area contributed by atoms with Gasteiger partial charge in [-0.25, -0.2) is 4.98 Å². The molecule has 1 aromatic heterocycles. The number of ether oxygens (including phenoxy) is 2. The minimum atomic E-state index is -0.210.